The first-order valence-electron chi connectivity index (χ1n) is 7.28. The number of aromatic nitrogens is 2. The van der Waals surface area contributed by atoms with E-state index in [1.165, 1.54) is 0 Å². The molecule has 0 radical (unpaired) electrons. The van der Waals surface area contributed by atoms with E-state index in [4.69, 9.17) is 0 Å². The van der Waals surface area contributed by atoms with Crippen LogP contribution in [0.25, 0.3) is 0 Å². The van der Waals surface area contributed by atoms with E-state index in [0.29, 0.717) is 19.5 Å². The number of hydrogen-bond donors (Lipinski definition) is 3. The fraction of sp³-hybridized carbons (Fsp3) is 0.643. The minimum Gasteiger partial charge on any atom is -0.481 e. The minimum absolute atomic E-state index is 0.0281. The second kappa shape index (κ2) is 7.10. The van der Waals surface area contributed by atoms with E-state index in [1.54, 1.807) is 10.9 Å². The molecule has 0 spiro atoms. The van der Waals surface area contributed by atoms with Crippen LogP contribution in [0.15, 0.2) is 12.4 Å². The van der Waals surface area contributed by atoms with E-state index in [0.717, 1.165) is 24.8 Å². The number of aliphatic carboxylic acids is 1. The lowest BCUT2D eigenvalue weighted by atomic mass is 9.79. The Morgan fingerprint density at radius 1 is 1.38 bits per heavy atom. The molecule has 1 aliphatic carbocycles. The molecule has 1 heterocycles. The zero-order chi connectivity index (χ0) is 15.2. The van der Waals surface area contributed by atoms with E-state index in [1.807, 2.05) is 13.2 Å². The van der Waals surface area contributed by atoms with Crippen molar-refractivity contribution < 1.29 is 14.7 Å². The second-order valence-corrected chi connectivity index (χ2v) is 5.58. The van der Waals surface area contributed by atoms with Crippen molar-refractivity contribution in [1.29, 1.82) is 0 Å². The van der Waals surface area contributed by atoms with Gasteiger partial charge >= 0.3 is 12.0 Å². The molecule has 2 atom stereocenters. The highest BCUT2D eigenvalue weighted by atomic mass is 16.4. The molecule has 1 fully saturated rings. The van der Waals surface area contributed by atoms with Crippen molar-refractivity contribution in [2.24, 2.45) is 18.9 Å². The van der Waals surface area contributed by atoms with Gasteiger partial charge in [0.05, 0.1) is 12.1 Å². The van der Waals surface area contributed by atoms with Crippen LogP contribution in [0.3, 0.4) is 0 Å². The normalized spacial score (nSPS) is 21.8. The summed E-state index contributed by atoms with van der Waals surface area (Å²) in [6.45, 7) is 0.822. The molecule has 7 nitrogen and oxygen atoms in total. The summed E-state index contributed by atoms with van der Waals surface area (Å²) in [5.74, 6) is -1.06. The zero-order valence-electron chi connectivity index (χ0n) is 12.2. The molecular formula is C14H22N4O3. The monoisotopic (exact) mass is 294 g/mol. The van der Waals surface area contributed by atoms with Crippen LogP contribution >= 0.6 is 0 Å². The molecule has 116 valence electrons. The lowest BCUT2D eigenvalue weighted by Gasteiger charge is -2.28. The van der Waals surface area contributed by atoms with Gasteiger partial charge in [-0.25, -0.2) is 4.79 Å². The maximum atomic E-state index is 11.7. The summed E-state index contributed by atoms with van der Waals surface area (Å²) in [5.41, 5.74) is 0.925. The van der Waals surface area contributed by atoms with Crippen LogP contribution in [0.1, 0.15) is 31.2 Å². The van der Waals surface area contributed by atoms with Gasteiger partial charge in [-0.3, -0.25) is 9.48 Å². The van der Waals surface area contributed by atoms with Gasteiger partial charge in [0.2, 0.25) is 0 Å². The number of rotatable bonds is 5. The summed E-state index contributed by atoms with van der Waals surface area (Å²) in [6.07, 6.45) is 7.09. The molecular weight excluding hydrogens is 272 g/mol. The summed E-state index contributed by atoms with van der Waals surface area (Å²) < 4.78 is 1.68. The van der Waals surface area contributed by atoms with Gasteiger partial charge in [-0.05, 0) is 18.8 Å². The smallest absolute Gasteiger partial charge is 0.315 e. The number of nitrogens with one attached hydrogen (secondary N) is 2. The Kier molecular flexibility index (Phi) is 5.19. The number of hydrogen-bond acceptors (Lipinski definition) is 3. The van der Waals surface area contributed by atoms with Crippen LogP contribution < -0.4 is 10.6 Å². The number of carboxylic acids is 1. The predicted octanol–water partition coefficient (Wildman–Crippen LogP) is 1.11. The number of amides is 2. The quantitative estimate of drug-likeness (QED) is 0.758. The molecule has 0 bridgehead atoms. The molecule has 3 N–H and O–H groups in total. The summed E-state index contributed by atoms with van der Waals surface area (Å²) in [6, 6.07) is -0.270. The third-order valence-electron chi connectivity index (χ3n) is 3.96. The highest BCUT2D eigenvalue weighted by Gasteiger charge is 2.30. The molecule has 1 saturated carbocycles. The van der Waals surface area contributed by atoms with Crippen molar-refractivity contribution in [2.75, 3.05) is 6.54 Å². The Morgan fingerprint density at radius 3 is 2.81 bits per heavy atom. The largest absolute Gasteiger partial charge is 0.481 e. The molecule has 0 saturated heterocycles. The summed E-state index contributed by atoms with van der Waals surface area (Å²) in [7, 11) is 1.82. The van der Waals surface area contributed by atoms with Crippen molar-refractivity contribution in [3.63, 3.8) is 0 Å². The van der Waals surface area contributed by atoms with E-state index >= 15 is 0 Å². The Hall–Kier alpha value is -2.05. The van der Waals surface area contributed by atoms with Gasteiger partial charge in [-0.1, -0.05) is 12.8 Å². The van der Waals surface area contributed by atoms with Crippen LogP contribution in [-0.2, 0) is 18.4 Å². The molecule has 0 aromatic carbocycles. The average molecular weight is 294 g/mol. The molecule has 1 aliphatic rings. The molecule has 2 amide bonds. The lowest BCUT2D eigenvalue weighted by molar-refractivity contribution is -0.144. The summed E-state index contributed by atoms with van der Waals surface area (Å²) in [5, 5.41) is 18.7. The fourth-order valence-corrected chi connectivity index (χ4v) is 2.81. The molecule has 1 aromatic heterocycles. The van der Waals surface area contributed by atoms with Crippen LogP contribution in [0.5, 0.6) is 0 Å². The first-order chi connectivity index (χ1) is 10.1. The Labute approximate surface area is 123 Å². The van der Waals surface area contributed by atoms with Gasteiger partial charge in [-0.15, -0.1) is 0 Å². The Balaban J connectivity index is 1.73. The van der Waals surface area contributed by atoms with E-state index in [2.05, 4.69) is 15.7 Å². The van der Waals surface area contributed by atoms with E-state index < -0.39 is 5.97 Å². The average Bonchev–Trinajstić information content (AvgIpc) is 2.88. The summed E-state index contributed by atoms with van der Waals surface area (Å²) >= 11 is 0. The first-order valence-corrected chi connectivity index (χ1v) is 7.28. The van der Waals surface area contributed by atoms with E-state index in [9.17, 15) is 14.7 Å². The molecule has 1 aromatic rings. The van der Waals surface area contributed by atoms with Gasteiger partial charge in [0, 0.05) is 31.9 Å². The van der Waals surface area contributed by atoms with Crippen molar-refractivity contribution in [3.8, 4) is 0 Å². The van der Waals surface area contributed by atoms with Crippen LogP contribution in [0, 0.1) is 11.8 Å². The minimum atomic E-state index is -0.753. The molecule has 2 rings (SSSR count). The maximum Gasteiger partial charge on any atom is 0.315 e. The molecule has 2 unspecified atom stereocenters. The topological polar surface area (TPSA) is 96.2 Å². The molecule has 0 aliphatic heterocycles. The number of aryl methyl sites for hydroxylation is 1. The van der Waals surface area contributed by atoms with Crippen LogP contribution in [0.2, 0.25) is 0 Å². The van der Waals surface area contributed by atoms with Crippen molar-refractivity contribution in [3.05, 3.63) is 18.0 Å². The number of carbonyl (C=O) groups is 2. The summed E-state index contributed by atoms with van der Waals surface area (Å²) in [4.78, 5) is 22.9. The number of urea groups is 1. The van der Waals surface area contributed by atoms with Crippen molar-refractivity contribution >= 4 is 12.0 Å². The van der Waals surface area contributed by atoms with Crippen LogP contribution in [-0.4, -0.2) is 33.4 Å². The maximum absolute atomic E-state index is 11.7. The van der Waals surface area contributed by atoms with Crippen LogP contribution in [0.4, 0.5) is 4.79 Å². The van der Waals surface area contributed by atoms with Gasteiger partial charge in [-0.2, -0.15) is 5.10 Å². The highest BCUT2D eigenvalue weighted by Crippen LogP contribution is 2.29. The van der Waals surface area contributed by atoms with Gasteiger partial charge in [0.1, 0.15) is 0 Å². The van der Waals surface area contributed by atoms with Crippen molar-refractivity contribution in [2.45, 2.75) is 32.2 Å². The van der Waals surface area contributed by atoms with Crippen molar-refractivity contribution in [1.82, 2.24) is 20.4 Å². The SMILES string of the molecule is Cn1cc(CNC(=O)NCC2CCCCC2C(=O)O)cn1. The van der Waals surface area contributed by atoms with E-state index in [-0.39, 0.29) is 17.9 Å². The van der Waals surface area contributed by atoms with Gasteiger partial charge < -0.3 is 15.7 Å². The second-order valence-electron chi connectivity index (χ2n) is 5.58. The predicted molar refractivity (Wildman–Crippen MR) is 76.5 cm³/mol. The first kappa shape index (κ1) is 15.3. The third-order valence-corrected chi connectivity index (χ3v) is 3.96. The standard InChI is InChI=1S/C14H22N4O3/c1-18-9-10(7-17-18)6-15-14(21)16-8-11-4-2-3-5-12(11)13(19)20/h7,9,11-12H,2-6,8H2,1H3,(H,19,20)(H2,15,16,21). The number of nitrogens with zero attached hydrogens (tertiary/aromatic N) is 2. The Morgan fingerprint density at radius 2 is 2.14 bits per heavy atom. The zero-order valence-corrected chi connectivity index (χ0v) is 12.2. The molecule has 7 heteroatoms. The fourth-order valence-electron chi connectivity index (χ4n) is 2.81. The molecule has 21 heavy (non-hydrogen) atoms. The third kappa shape index (κ3) is 4.47. The highest BCUT2D eigenvalue weighted by molar-refractivity contribution is 5.74. The van der Waals surface area contributed by atoms with Gasteiger partial charge in [0.15, 0.2) is 0 Å². The lowest BCUT2D eigenvalue weighted by Crippen LogP contribution is -2.41. The Bertz CT molecular complexity index is 500. The number of carbonyl (C=O) groups excluding carboxylic acids is 1. The number of carboxylic acid groups (broad SMARTS) is 1. The van der Waals surface area contributed by atoms with Gasteiger partial charge in [0.25, 0.3) is 0 Å².